The second-order valence-electron chi connectivity index (χ2n) is 20.0. The first-order valence-corrected chi connectivity index (χ1v) is 29.3. The molecular weight excluding hydrogens is 815 g/mol. The van der Waals surface area contributed by atoms with E-state index in [9.17, 15) is 19.8 Å². The molecule has 0 aliphatic heterocycles. The van der Waals surface area contributed by atoms with Gasteiger partial charge in [-0.05, 0) is 89.9 Å². The van der Waals surface area contributed by atoms with E-state index in [-0.39, 0.29) is 18.5 Å². The summed E-state index contributed by atoms with van der Waals surface area (Å²) in [6.45, 7) is 4.84. The Morgan fingerprint density at radius 1 is 0.409 bits per heavy atom. The van der Waals surface area contributed by atoms with Crippen LogP contribution in [0.25, 0.3) is 0 Å². The Labute approximate surface area is 411 Å². The van der Waals surface area contributed by atoms with Crippen LogP contribution in [0, 0.1) is 0 Å². The number of rotatable bonds is 54. The van der Waals surface area contributed by atoms with Gasteiger partial charge in [0.1, 0.15) is 0 Å². The molecule has 0 fully saturated rings. The number of hydrogen-bond donors (Lipinski definition) is 3. The molecule has 6 heteroatoms. The van der Waals surface area contributed by atoms with Gasteiger partial charge >= 0.3 is 5.97 Å². The first kappa shape index (κ1) is 64.1. The molecule has 0 aliphatic rings. The van der Waals surface area contributed by atoms with E-state index in [2.05, 4.69) is 43.5 Å². The van der Waals surface area contributed by atoms with Gasteiger partial charge < -0.3 is 20.3 Å². The average molecular weight is 929 g/mol. The van der Waals surface area contributed by atoms with Gasteiger partial charge in [0.2, 0.25) is 5.91 Å². The summed E-state index contributed by atoms with van der Waals surface area (Å²) in [7, 11) is 0. The second kappa shape index (κ2) is 55.7. The van der Waals surface area contributed by atoms with Crippen molar-refractivity contribution in [3.63, 3.8) is 0 Å². The van der Waals surface area contributed by atoms with Crippen LogP contribution in [-0.2, 0) is 14.3 Å². The summed E-state index contributed by atoms with van der Waals surface area (Å²) >= 11 is 0. The summed E-state index contributed by atoms with van der Waals surface area (Å²) in [4.78, 5) is 24.5. The molecule has 0 heterocycles. The number of aliphatic hydroxyl groups excluding tert-OH is 2. The Kier molecular flexibility index (Phi) is 54.1. The quantitative estimate of drug-likeness (QED) is 0.0321. The van der Waals surface area contributed by atoms with E-state index in [4.69, 9.17) is 4.74 Å². The number of unbranched alkanes of at least 4 members (excludes halogenated alkanes) is 39. The number of carbonyl (C=O) groups excluding carboxylic acids is 2. The minimum Gasteiger partial charge on any atom is -0.466 e. The minimum absolute atomic E-state index is 0.0334. The minimum atomic E-state index is -0.862. The molecule has 2 atom stereocenters. The molecule has 0 aliphatic carbocycles. The van der Waals surface area contributed by atoms with Gasteiger partial charge in [-0.3, -0.25) is 9.59 Å². The van der Waals surface area contributed by atoms with Crippen LogP contribution in [0.2, 0.25) is 0 Å². The van der Waals surface area contributed by atoms with Crippen molar-refractivity contribution < 1.29 is 24.5 Å². The maximum Gasteiger partial charge on any atom is 0.305 e. The number of hydrogen-bond acceptors (Lipinski definition) is 5. The second-order valence-corrected chi connectivity index (χ2v) is 20.0. The van der Waals surface area contributed by atoms with Gasteiger partial charge in [-0.2, -0.15) is 0 Å². The highest BCUT2D eigenvalue weighted by molar-refractivity contribution is 5.76. The van der Waals surface area contributed by atoms with Gasteiger partial charge in [0.05, 0.1) is 25.4 Å². The van der Waals surface area contributed by atoms with Crippen molar-refractivity contribution in [1.29, 1.82) is 0 Å². The lowest BCUT2D eigenvalue weighted by molar-refractivity contribution is -0.143. The number of nitrogens with one attached hydrogen (secondary N) is 1. The Balaban J connectivity index is 3.53. The molecule has 0 aromatic heterocycles. The van der Waals surface area contributed by atoms with Crippen molar-refractivity contribution in [2.45, 2.75) is 321 Å². The topological polar surface area (TPSA) is 95.9 Å². The average Bonchev–Trinajstić information content (AvgIpc) is 3.32. The van der Waals surface area contributed by atoms with Gasteiger partial charge in [0.15, 0.2) is 0 Å². The largest absolute Gasteiger partial charge is 0.466 e. The van der Waals surface area contributed by atoms with Crippen LogP contribution in [0.5, 0.6) is 0 Å². The normalized spacial score (nSPS) is 12.8. The lowest BCUT2D eigenvalue weighted by Gasteiger charge is -2.20. The number of allylic oxidation sites excluding steroid dienone is 5. The number of ether oxygens (including phenoxy) is 1. The van der Waals surface area contributed by atoms with E-state index >= 15 is 0 Å². The molecule has 0 saturated heterocycles. The summed E-state index contributed by atoms with van der Waals surface area (Å²) in [5, 5.41) is 23.2. The van der Waals surface area contributed by atoms with E-state index < -0.39 is 12.1 Å². The van der Waals surface area contributed by atoms with Gasteiger partial charge in [-0.15, -0.1) is 0 Å². The summed E-state index contributed by atoms with van der Waals surface area (Å²) in [5.41, 5.74) is 0. The monoisotopic (exact) mass is 928 g/mol. The Hall–Kier alpha value is -1.92. The van der Waals surface area contributed by atoms with E-state index in [1.807, 2.05) is 6.08 Å². The first-order chi connectivity index (χ1) is 32.5. The SMILES string of the molecule is CCCCCC/C=C\CCCCCCCC(=O)OCCCCC/C=C\CCCCCCCC(=O)NC(CO)C(O)/C=C/CCCCCCCCCCCCCCCCCCCCCCCC. The van der Waals surface area contributed by atoms with Crippen LogP contribution in [0.3, 0.4) is 0 Å². The van der Waals surface area contributed by atoms with Crippen LogP contribution >= 0.6 is 0 Å². The van der Waals surface area contributed by atoms with Crippen molar-refractivity contribution in [2.24, 2.45) is 0 Å². The van der Waals surface area contributed by atoms with Crippen LogP contribution in [0.4, 0.5) is 0 Å². The fourth-order valence-corrected chi connectivity index (χ4v) is 8.86. The third kappa shape index (κ3) is 51.5. The zero-order valence-electron chi connectivity index (χ0n) is 44.2. The third-order valence-corrected chi connectivity index (χ3v) is 13.4. The molecule has 0 rings (SSSR count). The van der Waals surface area contributed by atoms with Gasteiger partial charge in [0, 0.05) is 12.8 Å². The molecule has 0 aromatic carbocycles. The lowest BCUT2D eigenvalue weighted by Crippen LogP contribution is -2.45. The zero-order chi connectivity index (χ0) is 47.9. The summed E-state index contributed by atoms with van der Waals surface area (Å²) in [6, 6.07) is -0.648. The molecule has 0 bridgehead atoms. The highest BCUT2D eigenvalue weighted by atomic mass is 16.5. The number of aliphatic hydroxyl groups is 2. The predicted octanol–water partition coefficient (Wildman–Crippen LogP) is 18.0. The van der Waals surface area contributed by atoms with E-state index in [0.29, 0.717) is 19.4 Å². The molecular formula is C60H113NO5. The molecule has 0 saturated carbocycles. The summed E-state index contributed by atoms with van der Waals surface area (Å²) in [5.74, 6) is -0.125. The maximum absolute atomic E-state index is 12.5. The smallest absolute Gasteiger partial charge is 0.305 e. The lowest BCUT2D eigenvalue weighted by atomic mass is 10.0. The van der Waals surface area contributed by atoms with Gasteiger partial charge in [0.25, 0.3) is 0 Å². The van der Waals surface area contributed by atoms with Crippen molar-refractivity contribution >= 4 is 11.9 Å². The van der Waals surface area contributed by atoms with E-state index in [0.717, 1.165) is 83.5 Å². The fourth-order valence-electron chi connectivity index (χ4n) is 8.86. The van der Waals surface area contributed by atoms with Crippen LogP contribution < -0.4 is 5.32 Å². The van der Waals surface area contributed by atoms with Crippen molar-refractivity contribution in [3.05, 3.63) is 36.5 Å². The predicted molar refractivity (Wildman–Crippen MR) is 287 cm³/mol. The Bertz CT molecular complexity index is 1070. The standard InChI is InChI=1S/C60H113NO5/c1-3-5-7-9-11-13-15-17-18-19-20-21-22-23-24-25-26-27-29-32-36-40-44-48-52-58(63)57(56-62)61-59(64)53-49-45-41-37-33-30-31-35-39-43-47-51-55-66-60(65)54-50-46-42-38-34-28-16-14-12-10-8-6-4-2/h14,16,31,35,48,52,57-58,62-63H,3-13,15,17-30,32-34,36-47,49-51,53-56H2,1-2H3,(H,61,64)/b16-14-,35-31-,52-48+. The highest BCUT2D eigenvalue weighted by Crippen LogP contribution is 2.17. The Morgan fingerprint density at radius 2 is 0.712 bits per heavy atom. The van der Waals surface area contributed by atoms with Crippen molar-refractivity contribution in [3.8, 4) is 0 Å². The van der Waals surface area contributed by atoms with Crippen LogP contribution in [0.15, 0.2) is 36.5 Å². The highest BCUT2D eigenvalue weighted by Gasteiger charge is 2.18. The van der Waals surface area contributed by atoms with E-state index in [1.165, 1.54) is 199 Å². The van der Waals surface area contributed by atoms with E-state index in [1.54, 1.807) is 6.08 Å². The first-order valence-electron chi connectivity index (χ1n) is 29.3. The molecule has 0 radical (unpaired) electrons. The van der Waals surface area contributed by atoms with Crippen molar-refractivity contribution in [2.75, 3.05) is 13.2 Å². The van der Waals surface area contributed by atoms with Crippen molar-refractivity contribution in [1.82, 2.24) is 5.32 Å². The van der Waals surface area contributed by atoms with Crippen LogP contribution in [-0.4, -0.2) is 47.4 Å². The summed E-state index contributed by atoms with van der Waals surface area (Å²) < 4.78 is 5.44. The molecule has 0 aromatic rings. The van der Waals surface area contributed by atoms with Gasteiger partial charge in [-0.1, -0.05) is 243 Å². The number of amides is 1. The molecule has 0 spiro atoms. The molecule has 2 unspecified atom stereocenters. The maximum atomic E-state index is 12.5. The molecule has 1 amide bonds. The number of carbonyl (C=O) groups is 2. The molecule has 66 heavy (non-hydrogen) atoms. The molecule has 3 N–H and O–H groups in total. The third-order valence-electron chi connectivity index (χ3n) is 13.4. The zero-order valence-corrected chi connectivity index (χ0v) is 44.2. The number of esters is 1. The van der Waals surface area contributed by atoms with Gasteiger partial charge in [-0.25, -0.2) is 0 Å². The van der Waals surface area contributed by atoms with Crippen LogP contribution in [0.1, 0.15) is 309 Å². The Morgan fingerprint density at radius 3 is 1.09 bits per heavy atom. The molecule has 6 nitrogen and oxygen atoms in total. The summed E-state index contributed by atoms with van der Waals surface area (Å²) in [6.07, 6.45) is 68.8. The molecule has 388 valence electrons. The fraction of sp³-hybridized carbons (Fsp3) is 0.867.